The van der Waals surface area contributed by atoms with Crippen LogP contribution >= 0.6 is 0 Å². The van der Waals surface area contributed by atoms with Crippen molar-refractivity contribution in [1.82, 2.24) is 20.1 Å². The number of hydrogen-bond donors (Lipinski definition) is 1. The summed E-state index contributed by atoms with van der Waals surface area (Å²) in [5.41, 5.74) is 1.08. The summed E-state index contributed by atoms with van der Waals surface area (Å²) in [6.07, 6.45) is 10.9. The molecule has 0 aromatic carbocycles. The van der Waals surface area contributed by atoms with Crippen molar-refractivity contribution in [3.63, 3.8) is 0 Å². The van der Waals surface area contributed by atoms with Crippen LogP contribution in [0.25, 0.3) is 0 Å². The van der Waals surface area contributed by atoms with E-state index in [0.717, 1.165) is 25.7 Å². The Morgan fingerprint density at radius 2 is 2.03 bits per heavy atom. The second-order valence-electron chi connectivity index (χ2n) is 8.91. The first-order valence-electron chi connectivity index (χ1n) is 11.5. The van der Waals surface area contributed by atoms with Crippen LogP contribution in [0, 0.1) is 5.92 Å². The van der Waals surface area contributed by atoms with Crippen molar-refractivity contribution in [3.8, 4) is 0 Å². The van der Waals surface area contributed by atoms with Crippen molar-refractivity contribution < 1.29 is 14.4 Å². The molecule has 166 valence electrons. The quantitative estimate of drug-likeness (QED) is 0.560. The number of hydrogen-bond acceptors (Lipinski definition) is 4. The van der Waals surface area contributed by atoms with Gasteiger partial charge in [0.1, 0.15) is 5.54 Å². The van der Waals surface area contributed by atoms with E-state index in [1.807, 2.05) is 30.0 Å². The lowest BCUT2D eigenvalue weighted by Crippen LogP contribution is -2.56. The third-order valence-electron chi connectivity index (χ3n) is 7.11. The standard InChI is InChI=1S/C24H32N4O3/c1-2-24(22(30)28(23(31)26-24)17-20-10-6-7-13-25-20)19-11-14-27(15-12-19)21(29)16-18-8-4-3-5-9-18/h6-8,10,13,19H,2-5,9,11-12,14-17H2,1H3,(H,26,31). The molecule has 1 aromatic heterocycles. The molecule has 0 spiro atoms. The molecule has 2 aliphatic heterocycles. The fraction of sp³-hybridized carbons (Fsp3) is 0.583. The molecule has 0 radical (unpaired) electrons. The maximum Gasteiger partial charge on any atom is 0.325 e. The van der Waals surface area contributed by atoms with Gasteiger partial charge in [-0.1, -0.05) is 24.6 Å². The number of nitrogens with one attached hydrogen (secondary N) is 1. The minimum Gasteiger partial charge on any atom is -0.342 e. The number of rotatable bonds is 6. The zero-order valence-electron chi connectivity index (χ0n) is 18.3. The lowest BCUT2D eigenvalue weighted by atomic mass is 9.75. The van der Waals surface area contributed by atoms with Gasteiger partial charge in [-0.05, 0) is 63.0 Å². The molecule has 3 heterocycles. The number of urea groups is 1. The molecule has 2 fully saturated rings. The molecule has 0 bridgehead atoms. The Bertz CT molecular complexity index is 861. The van der Waals surface area contributed by atoms with E-state index < -0.39 is 5.54 Å². The molecule has 1 unspecified atom stereocenters. The van der Waals surface area contributed by atoms with E-state index >= 15 is 0 Å². The van der Waals surface area contributed by atoms with Crippen molar-refractivity contribution in [3.05, 3.63) is 41.7 Å². The van der Waals surface area contributed by atoms with Crippen molar-refractivity contribution in [1.29, 1.82) is 0 Å². The van der Waals surface area contributed by atoms with Crippen LogP contribution in [0.5, 0.6) is 0 Å². The SMILES string of the molecule is CCC1(C2CCN(C(=O)CC3=CCCCC3)CC2)NC(=O)N(Cc2ccccn2)C1=O. The Kier molecular flexibility index (Phi) is 6.39. The Balaban J connectivity index is 1.39. The minimum atomic E-state index is -0.882. The highest BCUT2D eigenvalue weighted by Crippen LogP contribution is 2.37. The number of piperidine rings is 1. The molecule has 1 N–H and O–H groups in total. The summed E-state index contributed by atoms with van der Waals surface area (Å²) in [4.78, 5) is 46.3. The maximum atomic E-state index is 13.4. The van der Waals surface area contributed by atoms with E-state index in [0.29, 0.717) is 31.6 Å². The Morgan fingerprint density at radius 1 is 1.23 bits per heavy atom. The van der Waals surface area contributed by atoms with Gasteiger partial charge in [0.15, 0.2) is 0 Å². The zero-order chi connectivity index (χ0) is 21.8. The summed E-state index contributed by atoms with van der Waals surface area (Å²) in [6, 6.07) is 5.13. The molecule has 1 aromatic rings. The molecule has 0 saturated carbocycles. The third-order valence-corrected chi connectivity index (χ3v) is 7.11. The van der Waals surface area contributed by atoms with Crippen molar-refractivity contribution >= 4 is 17.8 Å². The van der Waals surface area contributed by atoms with Crippen molar-refractivity contribution in [2.45, 2.75) is 70.4 Å². The molecule has 1 aliphatic carbocycles. The summed E-state index contributed by atoms with van der Waals surface area (Å²) in [6.45, 7) is 3.42. The number of nitrogens with zero attached hydrogens (tertiary/aromatic N) is 3. The van der Waals surface area contributed by atoms with E-state index in [4.69, 9.17) is 0 Å². The highest BCUT2D eigenvalue weighted by atomic mass is 16.2. The molecule has 7 heteroatoms. The molecule has 2 saturated heterocycles. The van der Waals surface area contributed by atoms with E-state index in [-0.39, 0.29) is 30.3 Å². The first-order valence-corrected chi connectivity index (χ1v) is 11.5. The third kappa shape index (κ3) is 4.36. The van der Waals surface area contributed by atoms with E-state index in [2.05, 4.69) is 16.4 Å². The number of allylic oxidation sites excluding steroid dienone is 1. The number of imide groups is 1. The fourth-order valence-electron chi connectivity index (χ4n) is 5.24. The van der Waals surface area contributed by atoms with Crippen molar-refractivity contribution in [2.24, 2.45) is 5.92 Å². The van der Waals surface area contributed by atoms with Gasteiger partial charge in [0.2, 0.25) is 5.91 Å². The lowest BCUT2D eigenvalue weighted by molar-refractivity contribution is -0.136. The fourth-order valence-corrected chi connectivity index (χ4v) is 5.24. The summed E-state index contributed by atoms with van der Waals surface area (Å²) in [7, 11) is 0. The van der Waals surface area contributed by atoms with Gasteiger partial charge in [0, 0.05) is 25.7 Å². The maximum absolute atomic E-state index is 13.4. The van der Waals surface area contributed by atoms with Gasteiger partial charge in [-0.3, -0.25) is 19.5 Å². The monoisotopic (exact) mass is 424 g/mol. The first-order chi connectivity index (χ1) is 15.0. The second kappa shape index (κ2) is 9.20. The molecule has 4 amide bonds. The van der Waals surface area contributed by atoms with Crippen LogP contribution in [-0.2, 0) is 16.1 Å². The van der Waals surface area contributed by atoms with Gasteiger partial charge in [0.25, 0.3) is 5.91 Å². The van der Waals surface area contributed by atoms with Gasteiger partial charge in [-0.25, -0.2) is 4.79 Å². The Morgan fingerprint density at radius 3 is 2.68 bits per heavy atom. The number of amides is 4. The Labute approximate surface area is 183 Å². The number of aromatic nitrogens is 1. The number of carbonyl (C=O) groups excluding carboxylic acids is 3. The highest BCUT2D eigenvalue weighted by Gasteiger charge is 2.54. The van der Waals surface area contributed by atoms with E-state index in [1.54, 1.807) is 6.20 Å². The van der Waals surface area contributed by atoms with E-state index in [1.165, 1.54) is 23.3 Å². The van der Waals surface area contributed by atoms with E-state index in [9.17, 15) is 14.4 Å². The molecule has 3 aliphatic rings. The van der Waals surface area contributed by atoms with Crippen molar-refractivity contribution in [2.75, 3.05) is 13.1 Å². The summed E-state index contributed by atoms with van der Waals surface area (Å²) in [5, 5.41) is 3.01. The van der Waals surface area contributed by atoms with Crippen LogP contribution in [0.15, 0.2) is 36.0 Å². The molecular formula is C24H32N4O3. The molecule has 7 nitrogen and oxygen atoms in total. The van der Waals surface area contributed by atoms with Crippen LogP contribution in [0.4, 0.5) is 4.79 Å². The Hall–Kier alpha value is -2.70. The predicted molar refractivity (Wildman–Crippen MR) is 117 cm³/mol. The topological polar surface area (TPSA) is 82.6 Å². The lowest BCUT2D eigenvalue weighted by Gasteiger charge is -2.40. The molecular weight excluding hydrogens is 392 g/mol. The largest absolute Gasteiger partial charge is 0.342 e. The van der Waals surface area contributed by atoms with Gasteiger partial charge in [-0.15, -0.1) is 0 Å². The second-order valence-corrected chi connectivity index (χ2v) is 8.91. The average molecular weight is 425 g/mol. The van der Waals surface area contributed by atoms with Crippen LogP contribution in [0.1, 0.15) is 64.0 Å². The minimum absolute atomic E-state index is 0.0284. The summed E-state index contributed by atoms with van der Waals surface area (Å²) < 4.78 is 0. The van der Waals surface area contributed by atoms with Gasteiger partial charge in [0.05, 0.1) is 12.2 Å². The highest BCUT2D eigenvalue weighted by molar-refractivity contribution is 6.07. The smallest absolute Gasteiger partial charge is 0.325 e. The molecule has 31 heavy (non-hydrogen) atoms. The zero-order valence-corrected chi connectivity index (χ0v) is 18.3. The first kappa shape index (κ1) is 21.5. The van der Waals surface area contributed by atoms with Gasteiger partial charge < -0.3 is 10.2 Å². The normalized spacial score (nSPS) is 24.9. The summed E-state index contributed by atoms with van der Waals surface area (Å²) in [5.74, 6) is 0.0548. The van der Waals surface area contributed by atoms with Crippen LogP contribution in [0.3, 0.4) is 0 Å². The van der Waals surface area contributed by atoms with Gasteiger partial charge >= 0.3 is 6.03 Å². The summed E-state index contributed by atoms with van der Waals surface area (Å²) >= 11 is 0. The molecule has 4 rings (SSSR count). The van der Waals surface area contributed by atoms with Crippen LogP contribution in [0.2, 0.25) is 0 Å². The number of carbonyl (C=O) groups is 3. The average Bonchev–Trinajstić information content (AvgIpc) is 3.05. The number of likely N-dealkylation sites (tertiary alicyclic amines) is 1. The van der Waals surface area contributed by atoms with Gasteiger partial charge in [-0.2, -0.15) is 0 Å². The van der Waals surface area contributed by atoms with Crippen LogP contribution < -0.4 is 5.32 Å². The predicted octanol–water partition coefficient (Wildman–Crippen LogP) is 3.41. The molecule has 1 atom stereocenters. The number of pyridine rings is 1. The van der Waals surface area contributed by atoms with Crippen LogP contribution in [-0.4, -0.2) is 51.3 Å².